The van der Waals surface area contributed by atoms with Crippen molar-refractivity contribution in [3.05, 3.63) is 29.3 Å². The Balaban J connectivity index is 1.66. The largest absolute Gasteiger partial charge is 0.385 e. The van der Waals surface area contributed by atoms with E-state index >= 15 is 0 Å². The topological polar surface area (TPSA) is 41.1 Å². The molecule has 2 aliphatic rings. The zero-order valence-corrected chi connectivity index (χ0v) is 13.5. The molecule has 1 fully saturated rings. The molecule has 0 bridgehead atoms. The summed E-state index contributed by atoms with van der Waals surface area (Å²) < 4.78 is 0. The number of nitrogens with one attached hydrogen (secondary N) is 2. The molecule has 3 nitrogen and oxygen atoms in total. The highest BCUT2D eigenvalue weighted by atomic mass is 32.2. The molecule has 1 amide bonds. The molecule has 1 saturated carbocycles. The van der Waals surface area contributed by atoms with Gasteiger partial charge in [-0.05, 0) is 62.5 Å². The summed E-state index contributed by atoms with van der Waals surface area (Å²) in [5, 5.41) is 7.43. The van der Waals surface area contributed by atoms with Gasteiger partial charge < -0.3 is 10.6 Å². The van der Waals surface area contributed by atoms with Crippen molar-refractivity contribution in [1.82, 2.24) is 5.32 Å². The van der Waals surface area contributed by atoms with Crippen LogP contribution in [0.1, 0.15) is 48.0 Å². The second-order valence-corrected chi connectivity index (χ2v) is 7.18. The molecule has 1 aromatic rings. The van der Waals surface area contributed by atoms with Gasteiger partial charge in [0.1, 0.15) is 0 Å². The summed E-state index contributed by atoms with van der Waals surface area (Å²) in [7, 11) is 0. The number of anilines is 1. The number of amides is 1. The number of thioether (sulfide) groups is 1. The van der Waals surface area contributed by atoms with Gasteiger partial charge in [-0.1, -0.05) is 6.07 Å². The van der Waals surface area contributed by atoms with Gasteiger partial charge in [0.25, 0.3) is 5.91 Å². The van der Waals surface area contributed by atoms with E-state index < -0.39 is 0 Å². The summed E-state index contributed by atoms with van der Waals surface area (Å²) in [6.45, 7) is 1.01. The molecule has 3 rings (SSSR count). The first-order valence-corrected chi connectivity index (χ1v) is 9.26. The zero-order valence-electron chi connectivity index (χ0n) is 12.7. The van der Waals surface area contributed by atoms with Crippen LogP contribution in [0.2, 0.25) is 0 Å². The minimum absolute atomic E-state index is 0.114. The molecule has 0 spiro atoms. The first kappa shape index (κ1) is 14.8. The van der Waals surface area contributed by atoms with Crippen LogP contribution in [0, 0.1) is 0 Å². The van der Waals surface area contributed by atoms with Crippen LogP contribution < -0.4 is 10.6 Å². The van der Waals surface area contributed by atoms with Crippen LogP contribution in [0.25, 0.3) is 0 Å². The number of benzene rings is 1. The summed E-state index contributed by atoms with van der Waals surface area (Å²) in [6.07, 6.45) is 8.98. The summed E-state index contributed by atoms with van der Waals surface area (Å²) in [4.78, 5) is 12.6. The molecule has 1 aliphatic heterocycles. The monoisotopic (exact) mass is 304 g/mol. The van der Waals surface area contributed by atoms with Gasteiger partial charge in [-0.3, -0.25) is 4.79 Å². The maximum absolute atomic E-state index is 12.6. The molecule has 114 valence electrons. The fraction of sp³-hybridized carbons (Fsp3) is 0.588. The number of fused-ring (bicyclic) bond motifs is 1. The minimum Gasteiger partial charge on any atom is -0.385 e. The van der Waals surface area contributed by atoms with Crippen LogP contribution in [-0.2, 0) is 6.42 Å². The lowest BCUT2D eigenvalue weighted by Gasteiger charge is -2.28. The van der Waals surface area contributed by atoms with Crippen molar-refractivity contribution in [2.24, 2.45) is 0 Å². The third kappa shape index (κ3) is 3.37. The Morgan fingerprint density at radius 3 is 2.86 bits per heavy atom. The van der Waals surface area contributed by atoms with E-state index in [0.29, 0.717) is 6.04 Å². The average Bonchev–Trinajstić information content (AvgIpc) is 2.55. The van der Waals surface area contributed by atoms with Gasteiger partial charge in [0.2, 0.25) is 0 Å². The normalized spacial score (nSPS) is 24.8. The Bertz CT molecular complexity index is 510. The molecular formula is C17H24N2OS. The molecule has 1 heterocycles. The van der Waals surface area contributed by atoms with E-state index in [1.54, 1.807) is 0 Å². The van der Waals surface area contributed by atoms with Crippen molar-refractivity contribution in [3.63, 3.8) is 0 Å². The highest BCUT2D eigenvalue weighted by molar-refractivity contribution is 7.99. The van der Waals surface area contributed by atoms with Crippen molar-refractivity contribution in [3.8, 4) is 0 Å². The van der Waals surface area contributed by atoms with Gasteiger partial charge in [0.15, 0.2) is 0 Å². The van der Waals surface area contributed by atoms with Crippen LogP contribution >= 0.6 is 11.8 Å². The van der Waals surface area contributed by atoms with E-state index in [9.17, 15) is 4.79 Å². The zero-order chi connectivity index (χ0) is 14.7. The van der Waals surface area contributed by atoms with Crippen molar-refractivity contribution in [2.45, 2.75) is 49.8 Å². The first-order chi connectivity index (χ1) is 10.3. The Morgan fingerprint density at radius 2 is 2.10 bits per heavy atom. The lowest BCUT2D eigenvalue weighted by Crippen LogP contribution is -2.38. The highest BCUT2D eigenvalue weighted by Crippen LogP contribution is 2.28. The standard InChI is InChI=1S/C17H24N2OS/c1-21-13-9-7-12(8-10-13)19-17(20)15-4-2-6-16-14(15)5-3-11-18-16/h2,4,6,12-13,18H,3,5,7-11H2,1H3,(H,19,20). The number of hydrogen-bond acceptors (Lipinski definition) is 3. The molecule has 4 heteroatoms. The molecule has 21 heavy (non-hydrogen) atoms. The Kier molecular flexibility index (Phi) is 4.73. The first-order valence-electron chi connectivity index (χ1n) is 7.97. The molecule has 0 saturated heterocycles. The number of rotatable bonds is 3. The molecule has 0 aromatic heterocycles. The van der Waals surface area contributed by atoms with Gasteiger partial charge in [-0.2, -0.15) is 11.8 Å². The van der Waals surface area contributed by atoms with Crippen LogP contribution in [0.3, 0.4) is 0 Å². The fourth-order valence-corrected chi connectivity index (χ4v) is 4.17. The maximum atomic E-state index is 12.6. The number of hydrogen-bond donors (Lipinski definition) is 2. The average molecular weight is 304 g/mol. The molecule has 0 radical (unpaired) electrons. The van der Waals surface area contributed by atoms with E-state index in [4.69, 9.17) is 0 Å². The van der Waals surface area contributed by atoms with Crippen molar-refractivity contribution < 1.29 is 4.79 Å². The third-order valence-corrected chi connectivity index (χ3v) is 5.82. The second kappa shape index (κ2) is 6.73. The smallest absolute Gasteiger partial charge is 0.251 e. The summed E-state index contributed by atoms with van der Waals surface area (Å²) in [5.41, 5.74) is 3.20. The minimum atomic E-state index is 0.114. The van der Waals surface area contributed by atoms with Gasteiger partial charge in [-0.25, -0.2) is 0 Å². The highest BCUT2D eigenvalue weighted by Gasteiger charge is 2.24. The Hall–Kier alpha value is -1.16. The molecule has 0 unspecified atom stereocenters. The van der Waals surface area contributed by atoms with Crippen LogP contribution in [0.4, 0.5) is 5.69 Å². The van der Waals surface area contributed by atoms with Crippen molar-refractivity contribution in [1.29, 1.82) is 0 Å². The Labute approximate surface area is 131 Å². The molecule has 2 N–H and O–H groups in total. The van der Waals surface area contributed by atoms with Crippen molar-refractivity contribution >= 4 is 23.4 Å². The fourth-order valence-electron chi connectivity index (χ4n) is 3.43. The quantitative estimate of drug-likeness (QED) is 0.898. The summed E-state index contributed by atoms with van der Waals surface area (Å²) in [6, 6.07) is 6.38. The van der Waals surface area contributed by atoms with E-state index in [0.717, 1.165) is 48.7 Å². The van der Waals surface area contributed by atoms with E-state index in [-0.39, 0.29) is 5.91 Å². The van der Waals surface area contributed by atoms with Crippen LogP contribution in [-0.4, -0.2) is 30.0 Å². The van der Waals surface area contributed by atoms with Gasteiger partial charge >= 0.3 is 0 Å². The van der Waals surface area contributed by atoms with E-state index in [1.165, 1.54) is 18.4 Å². The van der Waals surface area contributed by atoms with Crippen LogP contribution in [0.15, 0.2) is 18.2 Å². The second-order valence-electron chi connectivity index (χ2n) is 6.04. The van der Waals surface area contributed by atoms with Gasteiger partial charge in [0.05, 0.1) is 0 Å². The predicted octanol–water partition coefficient (Wildman–Crippen LogP) is 3.45. The number of carbonyl (C=O) groups is 1. The molecule has 0 atom stereocenters. The molecular weight excluding hydrogens is 280 g/mol. The summed E-state index contributed by atoms with van der Waals surface area (Å²) >= 11 is 1.96. The SMILES string of the molecule is CSC1CCC(NC(=O)c2cccc3c2CCCN3)CC1. The molecule has 1 aliphatic carbocycles. The predicted molar refractivity (Wildman–Crippen MR) is 90.3 cm³/mol. The summed E-state index contributed by atoms with van der Waals surface area (Å²) in [5.74, 6) is 0.114. The van der Waals surface area contributed by atoms with E-state index in [2.05, 4.69) is 23.0 Å². The number of carbonyl (C=O) groups excluding carboxylic acids is 1. The lowest BCUT2D eigenvalue weighted by atomic mass is 9.93. The van der Waals surface area contributed by atoms with E-state index in [1.807, 2.05) is 23.9 Å². The Morgan fingerprint density at radius 1 is 1.29 bits per heavy atom. The maximum Gasteiger partial charge on any atom is 0.251 e. The van der Waals surface area contributed by atoms with Crippen LogP contribution in [0.5, 0.6) is 0 Å². The van der Waals surface area contributed by atoms with Crippen molar-refractivity contribution in [2.75, 3.05) is 18.1 Å². The van der Waals surface area contributed by atoms with Gasteiger partial charge in [-0.15, -0.1) is 0 Å². The lowest BCUT2D eigenvalue weighted by molar-refractivity contribution is 0.0927. The van der Waals surface area contributed by atoms with Gasteiger partial charge in [0, 0.05) is 29.1 Å². The molecule has 1 aromatic carbocycles. The third-order valence-electron chi connectivity index (χ3n) is 4.68.